The van der Waals surface area contributed by atoms with E-state index in [1.54, 1.807) is 38.1 Å². The van der Waals surface area contributed by atoms with E-state index in [4.69, 9.17) is 31.2 Å². The molecule has 0 aliphatic carbocycles. The zero-order valence-corrected chi connectivity index (χ0v) is 27.5. The van der Waals surface area contributed by atoms with Crippen molar-refractivity contribution in [1.29, 1.82) is 0 Å². The van der Waals surface area contributed by atoms with Crippen molar-refractivity contribution >= 4 is 58.0 Å². The summed E-state index contributed by atoms with van der Waals surface area (Å²) < 4.78 is 24.0. The van der Waals surface area contributed by atoms with Crippen molar-refractivity contribution in [1.82, 2.24) is 16.1 Å². The number of hydrogen-bond acceptors (Lipinski definition) is 8. The van der Waals surface area contributed by atoms with E-state index in [-0.39, 0.29) is 13.2 Å². The lowest BCUT2D eigenvalue weighted by Gasteiger charge is -2.30. The molecule has 3 aromatic carbocycles. The van der Waals surface area contributed by atoms with Crippen LogP contribution >= 0.6 is 34.8 Å². The molecule has 1 aliphatic rings. The summed E-state index contributed by atoms with van der Waals surface area (Å²) in [6, 6.07) is 20.0. The van der Waals surface area contributed by atoms with Crippen molar-refractivity contribution in [3.63, 3.8) is 0 Å². The number of ether oxygens (including phenoxy) is 4. The molecule has 4 rings (SSSR count). The number of allylic oxidation sites excluding steroid dienone is 1. The molecule has 1 heterocycles. The Bertz CT molecular complexity index is 1560. The van der Waals surface area contributed by atoms with Crippen molar-refractivity contribution in [2.75, 3.05) is 19.8 Å². The summed E-state index contributed by atoms with van der Waals surface area (Å²) in [5, 5.41) is 10.5. The van der Waals surface area contributed by atoms with Crippen LogP contribution in [0.3, 0.4) is 0 Å². The largest absolute Gasteiger partial charge is 0.490 e. The number of esters is 1. The van der Waals surface area contributed by atoms with Crippen LogP contribution in [-0.4, -0.2) is 43.0 Å². The first-order valence-corrected chi connectivity index (χ1v) is 15.4. The molecule has 0 spiro atoms. The van der Waals surface area contributed by atoms with E-state index in [1.165, 1.54) is 6.21 Å². The average Bonchev–Trinajstić information content (AvgIpc) is 3.00. The molecule has 1 amide bonds. The lowest BCUT2D eigenvalue weighted by Crippen LogP contribution is -2.45. The highest BCUT2D eigenvalue weighted by Crippen LogP contribution is 2.33. The minimum absolute atomic E-state index is 0.226. The fourth-order valence-corrected chi connectivity index (χ4v) is 4.98. The molecule has 0 saturated heterocycles. The van der Waals surface area contributed by atoms with Crippen molar-refractivity contribution in [2.45, 2.75) is 33.4 Å². The van der Waals surface area contributed by atoms with Crippen LogP contribution in [0, 0.1) is 3.57 Å². The maximum absolute atomic E-state index is 12.8. The van der Waals surface area contributed by atoms with Crippen LogP contribution < -0.4 is 30.3 Å². The summed E-state index contributed by atoms with van der Waals surface area (Å²) in [6.45, 7) is 6.18. The quantitative estimate of drug-likeness (QED) is 0.0722. The fourth-order valence-electron chi connectivity index (χ4n) is 4.35. The van der Waals surface area contributed by atoms with Crippen molar-refractivity contribution in [2.24, 2.45) is 5.10 Å². The monoisotopic (exact) mass is 728 g/mol. The van der Waals surface area contributed by atoms with Crippen LogP contribution in [0.2, 0.25) is 0 Å². The Morgan fingerprint density at radius 2 is 1.75 bits per heavy atom. The lowest BCUT2D eigenvalue weighted by atomic mass is 9.95. The number of hydrogen-bond donors (Lipinski definition) is 3. The number of rotatable bonds is 13. The zero-order valence-electron chi connectivity index (χ0n) is 24.5. The maximum atomic E-state index is 12.8. The lowest BCUT2D eigenvalue weighted by molar-refractivity contribution is -0.139. The van der Waals surface area contributed by atoms with Crippen LogP contribution in [0.25, 0.3) is 0 Å². The van der Waals surface area contributed by atoms with Crippen LogP contribution in [-0.2, 0) is 20.9 Å². The highest BCUT2D eigenvalue weighted by atomic mass is 127. The summed E-state index contributed by atoms with van der Waals surface area (Å²) in [5.41, 5.74) is 5.82. The van der Waals surface area contributed by atoms with Gasteiger partial charge in [-0.1, -0.05) is 30.3 Å². The molecule has 0 aromatic heterocycles. The first kappa shape index (κ1) is 32.7. The number of benzene rings is 3. The Hall–Kier alpha value is -4.17. The van der Waals surface area contributed by atoms with Gasteiger partial charge in [-0.25, -0.2) is 10.2 Å². The molecule has 3 aromatic rings. The van der Waals surface area contributed by atoms with Gasteiger partial charge >= 0.3 is 5.97 Å². The molecule has 10 nitrogen and oxygen atoms in total. The third-order valence-electron chi connectivity index (χ3n) is 6.33. The molecular weight excluding hydrogens is 695 g/mol. The predicted molar refractivity (Wildman–Crippen MR) is 180 cm³/mol. The molecule has 3 N–H and O–H groups in total. The van der Waals surface area contributed by atoms with E-state index >= 15 is 0 Å². The first-order valence-electron chi connectivity index (χ1n) is 13.9. The van der Waals surface area contributed by atoms with Crippen LogP contribution in [0.15, 0.2) is 83.1 Å². The number of nitrogens with one attached hydrogen (secondary N) is 3. The Labute approximate surface area is 275 Å². The molecule has 1 atom stereocenters. The van der Waals surface area contributed by atoms with Gasteiger partial charge in [-0.2, -0.15) is 5.10 Å². The van der Waals surface area contributed by atoms with Gasteiger partial charge in [-0.05, 0) is 103 Å². The van der Waals surface area contributed by atoms with Crippen LogP contribution in [0.1, 0.15) is 43.5 Å². The second kappa shape index (κ2) is 16.1. The fraction of sp³-hybridized carbons (Fsp3) is 0.250. The van der Waals surface area contributed by atoms with Gasteiger partial charge in [-0.3, -0.25) is 4.79 Å². The highest BCUT2D eigenvalue weighted by Gasteiger charge is 2.32. The normalized spacial score (nSPS) is 14.5. The van der Waals surface area contributed by atoms with Crippen molar-refractivity contribution in [3.05, 3.63) is 98.3 Å². The third kappa shape index (κ3) is 8.92. The SMILES string of the molecule is CCOC(=O)C1=C(C)NC(=S)N[C@@H]1c1ccccc1OCC(=O)NN=Cc1ccc(OCc2ccc(I)cc2)c(OCC)c1. The van der Waals surface area contributed by atoms with Gasteiger partial charge < -0.3 is 29.6 Å². The van der Waals surface area contributed by atoms with Crippen LogP contribution in [0.4, 0.5) is 0 Å². The number of amides is 1. The Balaban J connectivity index is 1.38. The molecule has 1 aliphatic heterocycles. The summed E-state index contributed by atoms with van der Waals surface area (Å²) in [6.07, 6.45) is 1.51. The van der Waals surface area contributed by atoms with E-state index in [9.17, 15) is 9.59 Å². The number of nitrogens with zero attached hydrogens (tertiary/aromatic N) is 1. The molecule has 44 heavy (non-hydrogen) atoms. The number of carbonyl (C=O) groups excluding carboxylic acids is 2. The standard InChI is InChI=1S/C32H33IN4O6S/c1-4-40-27-16-22(12-15-26(27)42-18-21-10-13-23(33)14-11-21)17-34-37-28(38)19-43-25-9-7-6-8-24(25)30-29(31(39)41-5-2)20(3)35-32(44)36-30/h6-17,30H,4-5,18-19H2,1-3H3,(H,37,38)(H2,35,36,44)/t30-/m1/s1. The molecule has 0 radical (unpaired) electrons. The van der Waals surface area contributed by atoms with Gasteiger partial charge in [0, 0.05) is 14.8 Å². The summed E-state index contributed by atoms with van der Waals surface area (Å²) in [7, 11) is 0. The molecule has 0 bridgehead atoms. The van der Waals surface area contributed by atoms with Crippen LogP contribution in [0.5, 0.6) is 17.2 Å². The van der Waals surface area contributed by atoms with Gasteiger partial charge in [0.2, 0.25) is 0 Å². The summed E-state index contributed by atoms with van der Waals surface area (Å²) in [4.78, 5) is 25.3. The minimum atomic E-state index is -0.622. The molecule has 230 valence electrons. The van der Waals surface area contributed by atoms with E-state index in [2.05, 4.69) is 43.8 Å². The van der Waals surface area contributed by atoms with Gasteiger partial charge in [0.15, 0.2) is 23.2 Å². The molecule has 12 heteroatoms. The van der Waals surface area contributed by atoms with Crippen molar-refractivity contribution < 1.29 is 28.5 Å². The summed E-state index contributed by atoms with van der Waals surface area (Å²) in [5.74, 6) is 0.650. The Morgan fingerprint density at radius 1 is 0.977 bits per heavy atom. The molecule has 0 unspecified atom stereocenters. The molecule has 0 saturated carbocycles. The number of halogens is 1. The molecule has 0 fully saturated rings. The minimum Gasteiger partial charge on any atom is -0.490 e. The molecular formula is C32H33IN4O6S. The highest BCUT2D eigenvalue weighted by molar-refractivity contribution is 14.1. The summed E-state index contributed by atoms with van der Waals surface area (Å²) >= 11 is 7.59. The van der Waals surface area contributed by atoms with E-state index in [0.29, 0.717) is 58.0 Å². The van der Waals surface area contributed by atoms with E-state index in [0.717, 1.165) is 9.13 Å². The second-order valence-corrected chi connectivity index (χ2v) is 11.1. The number of para-hydroxylation sites is 1. The van der Waals surface area contributed by atoms with Gasteiger partial charge in [0.25, 0.3) is 5.91 Å². The third-order valence-corrected chi connectivity index (χ3v) is 7.27. The number of carbonyl (C=O) groups is 2. The number of thiocarbonyl (C=S) groups is 1. The zero-order chi connectivity index (χ0) is 31.5. The van der Waals surface area contributed by atoms with E-state index < -0.39 is 17.9 Å². The first-order chi connectivity index (χ1) is 21.3. The maximum Gasteiger partial charge on any atom is 0.338 e. The van der Waals surface area contributed by atoms with Crippen molar-refractivity contribution in [3.8, 4) is 17.2 Å². The topological polar surface area (TPSA) is 120 Å². The Kier molecular flexibility index (Phi) is 11.9. The second-order valence-electron chi connectivity index (χ2n) is 9.46. The van der Waals surface area contributed by atoms with Gasteiger partial charge in [0.05, 0.1) is 31.0 Å². The average molecular weight is 729 g/mol. The smallest absolute Gasteiger partial charge is 0.338 e. The van der Waals surface area contributed by atoms with E-state index in [1.807, 2.05) is 49.4 Å². The number of hydrazone groups is 1. The Morgan fingerprint density at radius 3 is 2.50 bits per heavy atom. The predicted octanol–water partition coefficient (Wildman–Crippen LogP) is 5.15. The van der Waals surface area contributed by atoms with Gasteiger partial charge in [0.1, 0.15) is 12.4 Å². The van der Waals surface area contributed by atoms with Gasteiger partial charge in [-0.15, -0.1) is 0 Å².